The van der Waals surface area contributed by atoms with Gasteiger partial charge in [0.2, 0.25) is 5.91 Å². The van der Waals surface area contributed by atoms with Gasteiger partial charge < -0.3 is 11.1 Å². The number of rotatable bonds is 5. The number of nitrogens with one attached hydrogen (secondary N) is 1. The highest BCUT2D eigenvalue weighted by atomic mass is 35.5. The quantitative estimate of drug-likeness (QED) is 0.871. The molecule has 1 aromatic heterocycles. The van der Waals surface area contributed by atoms with E-state index in [0.717, 1.165) is 29.3 Å². The highest BCUT2D eigenvalue weighted by Gasteiger charge is 2.31. The van der Waals surface area contributed by atoms with Crippen molar-refractivity contribution in [1.82, 2.24) is 15.5 Å². The van der Waals surface area contributed by atoms with Crippen molar-refractivity contribution in [2.75, 3.05) is 6.54 Å². The Labute approximate surface area is 130 Å². The lowest BCUT2D eigenvalue weighted by atomic mass is 9.95. The summed E-state index contributed by atoms with van der Waals surface area (Å²) in [5.41, 5.74) is 5.71. The summed E-state index contributed by atoms with van der Waals surface area (Å²) < 4.78 is 0. The molecule has 0 aromatic carbocycles. The zero-order valence-corrected chi connectivity index (χ0v) is 13.6. The molecular formula is C13H23ClN4OS. The molecule has 1 heterocycles. The monoisotopic (exact) mass is 318 g/mol. The van der Waals surface area contributed by atoms with Crippen LogP contribution < -0.4 is 11.1 Å². The summed E-state index contributed by atoms with van der Waals surface area (Å²) in [7, 11) is 0. The molecule has 1 aliphatic carbocycles. The molecule has 0 bridgehead atoms. The number of hydrogen-bond donors (Lipinski definition) is 2. The van der Waals surface area contributed by atoms with Crippen LogP contribution in [0.15, 0.2) is 0 Å². The van der Waals surface area contributed by atoms with Crippen LogP contribution in [-0.4, -0.2) is 22.6 Å². The molecule has 1 fully saturated rings. The molecule has 1 aromatic rings. The number of carbonyl (C=O) groups is 1. The van der Waals surface area contributed by atoms with Crippen LogP contribution in [0.4, 0.5) is 0 Å². The number of hydrogen-bond acceptors (Lipinski definition) is 5. The Bertz CT molecular complexity index is 438. The predicted octanol–water partition coefficient (Wildman–Crippen LogP) is 2.07. The molecule has 2 atom stereocenters. The van der Waals surface area contributed by atoms with Crippen LogP contribution in [0.2, 0.25) is 0 Å². The number of halogens is 1. The third-order valence-electron chi connectivity index (χ3n) is 3.69. The van der Waals surface area contributed by atoms with Gasteiger partial charge >= 0.3 is 0 Å². The van der Waals surface area contributed by atoms with E-state index in [4.69, 9.17) is 5.73 Å². The number of carbonyl (C=O) groups excluding carboxylic acids is 1. The maximum absolute atomic E-state index is 12.1. The van der Waals surface area contributed by atoms with E-state index in [1.54, 1.807) is 11.3 Å². The second-order valence-corrected chi connectivity index (χ2v) is 6.53. The second kappa shape index (κ2) is 7.90. The molecule has 20 heavy (non-hydrogen) atoms. The largest absolute Gasteiger partial charge is 0.349 e. The summed E-state index contributed by atoms with van der Waals surface area (Å²) in [5, 5.41) is 13.1. The topological polar surface area (TPSA) is 80.9 Å². The fourth-order valence-corrected chi connectivity index (χ4v) is 3.31. The second-order valence-electron chi connectivity index (χ2n) is 5.44. The Hall–Kier alpha value is -0.720. The maximum Gasteiger partial charge on any atom is 0.223 e. The Morgan fingerprint density at radius 3 is 2.80 bits per heavy atom. The Morgan fingerprint density at radius 1 is 1.45 bits per heavy atom. The summed E-state index contributed by atoms with van der Waals surface area (Å²) >= 11 is 1.57. The molecule has 0 spiro atoms. The minimum Gasteiger partial charge on any atom is -0.349 e. The van der Waals surface area contributed by atoms with Gasteiger partial charge in [-0.25, -0.2) is 0 Å². The van der Waals surface area contributed by atoms with Crippen molar-refractivity contribution in [1.29, 1.82) is 0 Å². The van der Waals surface area contributed by atoms with Gasteiger partial charge in [0.1, 0.15) is 10.0 Å². The van der Waals surface area contributed by atoms with Gasteiger partial charge in [-0.1, -0.05) is 31.6 Å². The first-order chi connectivity index (χ1) is 9.11. The summed E-state index contributed by atoms with van der Waals surface area (Å²) in [6.07, 6.45) is 3.14. The molecule has 0 unspecified atom stereocenters. The van der Waals surface area contributed by atoms with Crippen LogP contribution in [0.5, 0.6) is 0 Å². The molecule has 7 heteroatoms. The number of nitrogens with zero attached hydrogens (tertiary/aromatic N) is 2. The molecule has 0 aliphatic heterocycles. The lowest BCUT2D eigenvalue weighted by Crippen LogP contribution is -2.34. The van der Waals surface area contributed by atoms with Crippen LogP contribution in [0.1, 0.15) is 49.0 Å². The normalized spacial score (nSPS) is 21.8. The molecule has 114 valence electrons. The third kappa shape index (κ3) is 4.14. The Balaban J connectivity index is 0.00000200. The molecule has 2 rings (SSSR count). The highest BCUT2D eigenvalue weighted by molar-refractivity contribution is 7.11. The summed E-state index contributed by atoms with van der Waals surface area (Å²) in [6.45, 7) is 5.27. The van der Waals surface area contributed by atoms with E-state index in [9.17, 15) is 4.79 Å². The lowest BCUT2D eigenvalue weighted by Gasteiger charge is -2.16. The van der Waals surface area contributed by atoms with Crippen LogP contribution in [0.25, 0.3) is 0 Å². The molecule has 1 saturated carbocycles. The number of amides is 1. The summed E-state index contributed by atoms with van der Waals surface area (Å²) in [6, 6.07) is 0. The molecule has 1 aliphatic rings. The van der Waals surface area contributed by atoms with Gasteiger partial charge in [0, 0.05) is 11.8 Å². The van der Waals surface area contributed by atoms with Gasteiger partial charge in [-0.15, -0.1) is 22.6 Å². The number of aromatic nitrogens is 2. The van der Waals surface area contributed by atoms with E-state index < -0.39 is 0 Å². The van der Waals surface area contributed by atoms with Crippen LogP contribution >= 0.6 is 23.7 Å². The van der Waals surface area contributed by atoms with Crippen LogP contribution in [-0.2, 0) is 11.3 Å². The van der Waals surface area contributed by atoms with Gasteiger partial charge in [-0.3, -0.25) is 4.79 Å². The zero-order chi connectivity index (χ0) is 13.8. The van der Waals surface area contributed by atoms with E-state index in [1.807, 2.05) is 0 Å². The highest BCUT2D eigenvalue weighted by Crippen LogP contribution is 2.31. The van der Waals surface area contributed by atoms with Crippen molar-refractivity contribution >= 4 is 29.7 Å². The summed E-state index contributed by atoms with van der Waals surface area (Å²) in [4.78, 5) is 12.1. The van der Waals surface area contributed by atoms with Crippen molar-refractivity contribution in [2.24, 2.45) is 17.6 Å². The van der Waals surface area contributed by atoms with E-state index >= 15 is 0 Å². The van der Waals surface area contributed by atoms with Gasteiger partial charge in [0.05, 0.1) is 6.54 Å². The minimum atomic E-state index is 0. The average molecular weight is 319 g/mol. The van der Waals surface area contributed by atoms with Crippen LogP contribution in [0, 0.1) is 11.8 Å². The fourth-order valence-electron chi connectivity index (χ4n) is 2.53. The molecule has 0 saturated heterocycles. The maximum atomic E-state index is 12.1. The summed E-state index contributed by atoms with van der Waals surface area (Å²) in [5.74, 6) is 0.941. The van der Waals surface area contributed by atoms with E-state index in [0.29, 0.717) is 24.9 Å². The average Bonchev–Trinajstić information content (AvgIpc) is 3.04. The van der Waals surface area contributed by atoms with Crippen molar-refractivity contribution in [3.05, 3.63) is 10.0 Å². The van der Waals surface area contributed by atoms with E-state index in [-0.39, 0.29) is 24.2 Å². The molecule has 0 radical (unpaired) electrons. The number of nitrogens with two attached hydrogens (primary N) is 1. The van der Waals surface area contributed by atoms with E-state index in [2.05, 4.69) is 29.4 Å². The SMILES string of the molecule is CC(C)c1nnc(CNC(=O)[C@@H]2CCC[C@@H]2CN)s1.Cl. The lowest BCUT2D eigenvalue weighted by molar-refractivity contribution is -0.126. The van der Waals surface area contributed by atoms with E-state index in [1.165, 1.54) is 0 Å². The van der Waals surface area contributed by atoms with Crippen molar-refractivity contribution < 1.29 is 4.79 Å². The van der Waals surface area contributed by atoms with Gasteiger partial charge in [-0.2, -0.15) is 0 Å². The molecule has 1 amide bonds. The zero-order valence-electron chi connectivity index (χ0n) is 12.0. The van der Waals surface area contributed by atoms with Crippen molar-refractivity contribution in [3.8, 4) is 0 Å². The van der Waals surface area contributed by atoms with Crippen molar-refractivity contribution in [2.45, 2.75) is 45.6 Å². The minimum absolute atomic E-state index is 0. The van der Waals surface area contributed by atoms with Gasteiger partial charge in [0.25, 0.3) is 0 Å². The van der Waals surface area contributed by atoms with Gasteiger partial charge in [-0.05, 0) is 25.3 Å². The smallest absolute Gasteiger partial charge is 0.223 e. The van der Waals surface area contributed by atoms with Crippen LogP contribution in [0.3, 0.4) is 0 Å². The molecular weight excluding hydrogens is 296 g/mol. The molecule has 3 N–H and O–H groups in total. The molecule has 5 nitrogen and oxygen atoms in total. The predicted molar refractivity (Wildman–Crippen MR) is 83.0 cm³/mol. The van der Waals surface area contributed by atoms with Crippen molar-refractivity contribution in [3.63, 3.8) is 0 Å². The standard InChI is InChI=1S/C13H22N4OS.ClH/c1-8(2)13-17-16-11(19-13)7-15-12(18)10-5-3-4-9(10)6-14;/h8-10H,3-7,14H2,1-2H3,(H,15,18);1H/t9-,10-;/m1./s1. The first kappa shape index (κ1) is 17.3. The fraction of sp³-hybridized carbons (Fsp3) is 0.769. The van der Waals surface area contributed by atoms with Gasteiger partial charge in [0.15, 0.2) is 0 Å². The first-order valence-corrected chi connectivity index (χ1v) is 7.73. The Kier molecular flexibility index (Phi) is 6.85. The first-order valence-electron chi connectivity index (χ1n) is 6.92. The Morgan fingerprint density at radius 2 is 2.20 bits per heavy atom. The third-order valence-corrected chi connectivity index (χ3v) is 4.91.